The van der Waals surface area contributed by atoms with Crippen molar-refractivity contribution in [1.82, 2.24) is 10.2 Å². The predicted molar refractivity (Wildman–Crippen MR) is 75.2 cm³/mol. The van der Waals surface area contributed by atoms with Crippen molar-refractivity contribution in [2.45, 2.75) is 19.4 Å². The molecule has 1 heterocycles. The number of benzene rings is 1. The fraction of sp³-hybridized carbons (Fsp3) is 0.467. The summed E-state index contributed by atoms with van der Waals surface area (Å²) in [5, 5.41) is 12.1. The molecule has 0 atom stereocenters. The molecule has 0 spiro atoms. The lowest BCUT2D eigenvalue weighted by atomic mass is 10.1. The van der Waals surface area contributed by atoms with E-state index in [0.29, 0.717) is 24.4 Å². The van der Waals surface area contributed by atoms with E-state index in [-0.39, 0.29) is 5.91 Å². The summed E-state index contributed by atoms with van der Waals surface area (Å²) in [4.78, 5) is 13.7. The summed E-state index contributed by atoms with van der Waals surface area (Å²) in [6, 6.07) is 7.56. The van der Waals surface area contributed by atoms with Crippen molar-refractivity contribution < 1.29 is 9.53 Å². The second-order valence-corrected chi connectivity index (χ2v) is 4.84. The number of likely N-dealkylation sites (tertiary alicyclic amines) is 1. The smallest absolute Gasteiger partial charge is 0.236 e. The summed E-state index contributed by atoms with van der Waals surface area (Å²) in [6.07, 6.45) is 2.21. The van der Waals surface area contributed by atoms with Crippen molar-refractivity contribution in [3.05, 3.63) is 29.3 Å². The van der Waals surface area contributed by atoms with E-state index < -0.39 is 0 Å². The van der Waals surface area contributed by atoms with E-state index in [1.54, 1.807) is 19.2 Å². The second kappa shape index (κ2) is 6.92. The highest BCUT2D eigenvalue weighted by atomic mass is 16.5. The zero-order valence-electron chi connectivity index (χ0n) is 11.7. The fourth-order valence-corrected chi connectivity index (χ4v) is 2.34. The molecule has 0 aliphatic carbocycles. The number of amides is 1. The lowest BCUT2D eigenvalue weighted by molar-refractivity contribution is -0.129. The largest absolute Gasteiger partial charge is 0.495 e. The highest BCUT2D eigenvalue weighted by Crippen LogP contribution is 2.18. The Morgan fingerprint density at radius 1 is 1.45 bits per heavy atom. The second-order valence-electron chi connectivity index (χ2n) is 4.84. The molecular weight excluding hydrogens is 254 g/mol. The van der Waals surface area contributed by atoms with Gasteiger partial charge in [0, 0.05) is 19.6 Å². The molecule has 1 aromatic carbocycles. The van der Waals surface area contributed by atoms with E-state index in [2.05, 4.69) is 11.4 Å². The topological polar surface area (TPSA) is 65.4 Å². The van der Waals surface area contributed by atoms with Crippen LogP contribution in [-0.4, -0.2) is 37.6 Å². The third-order valence-electron chi connectivity index (χ3n) is 3.45. The van der Waals surface area contributed by atoms with E-state index in [1.807, 2.05) is 11.0 Å². The van der Waals surface area contributed by atoms with Crippen LogP contribution in [0.25, 0.3) is 0 Å². The predicted octanol–water partition coefficient (Wildman–Crippen LogP) is 1.28. The van der Waals surface area contributed by atoms with E-state index in [1.165, 1.54) is 0 Å². The van der Waals surface area contributed by atoms with Gasteiger partial charge in [0.1, 0.15) is 11.8 Å². The number of carbonyl (C=O) groups excluding carboxylic acids is 1. The maximum atomic E-state index is 11.9. The lowest BCUT2D eigenvalue weighted by Crippen LogP contribution is -2.35. The van der Waals surface area contributed by atoms with E-state index in [4.69, 9.17) is 10.00 Å². The van der Waals surface area contributed by atoms with Crippen molar-refractivity contribution >= 4 is 5.91 Å². The van der Waals surface area contributed by atoms with Crippen LogP contribution in [-0.2, 0) is 11.3 Å². The number of hydrogen-bond donors (Lipinski definition) is 1. The molecule has 5 nitrogen and oxygen atoms in total. The molecule has 0 bridgehead atoms. The van der Waals surface area contributed by atoms with E-state index >= 15 is 0 Å². The molecule has 20 heavy (non-hydrogen) atoms. The molecule has 1 aliphatic rings. The van der Waals surface area contributed by atoms with Crippen LogP contribution >= 0.6 is 0 Å². The van der Waals surface area contributed by atoms with Gasteiger partial charge in [-0.05, 0) is 30.5 Å². The standard InChI is InChI=1S/C15H19N3O2/c1-20-14-5-4-12(8-13(14)9-16)10-17-11-15(19)18-6-2-3-7-18/h4-5,8,17H,2-3,6-7,10-11H2,1H3. The number of rotatable bonds is 5. The highest BCUT2D eigenvalue weighted by Gasteiger charge is 2.16. The summed E-state index contributed by atoms with van der Waals surface area (Å²) in [5.41, 5.74) is 1.48. The SMILES string of the molecule is COc1ccc(CNCC(=O)N2CCCC2)cc1C#N. The number of ether oxygens (including phenoxy) is 1. The molecule has 1 saturated heterocycles. The van der Waals surface area contributed by atoms with Crippen molar-refractivity contribution in [1.29, 1.82) is 5.26 Å². The first kappa shape index (κ1) is 14.4. The van der Waals surface area contributed by atoms with Crippen molar-refractivity contribution in [2.75, 3.05) is 26.7 Å². The van der Waals surface area contributed by atoms with Crippen LogP contribution in [0.2, 0.25) is 0 Å². The highest BCUT2D eigenvalue weighted by molar-refractivity contribution is 5.78. The zero-order valence-corrected chi connectivity index (χ0v) is 11.7. The summed E-state index contributed by atoms with van der Waals surface area (Å²) >= 11 is 0. The summed E-state index contributed by atoms with van der Waals surface area (Å²) in [6.45, 7) is 2.66. The molecule has 1 aliphatic heterocycles. The normalized spacial score (nSPS) is 14.1. The van der Waals surface area contributed by atoms with Crippen LogP contribution in [0.5, 0.6) is 5.75 Å². The Labute approximate surface area is 119 Å². The van der Waals surface area contributed by atoms with E-state index in [9.17, 15) is 4.79 Å². The van der Waals surface area contributed by atoms with Crippen LogP contribution in [0.4, 0.5) is 0 Å². The van der Waals surface area contributed by atoms with Crippen LogP contribution in [0.1, 0.15) is 24.0 Å². The number of carbonyl (C=O) groups is 1. The fourth-order valence-electron chi connectivity index (χ4n) is 2.34. The minimum absolute atomic E-state index is 0.150. The van der Waals surface area contributed by atoms with Gasteiger partial charge < -0.3 is 15.0 Å². The maximum Gasteiger partial charge on any atom is 0.236 e. The van der Waals surface area contributed by atoms with Gasteiger partial charge in [-0.15, -0.1) is 0 Å². The van der Waals surface area contributed by atoms with E-state index in [0.717, 1.165) is 31.5 Å². The van der Waals surface area contributed by atoms with Gasteiger partial charge in [0.2, 0.25) is 5.91 Å². The molecule has 1 N–H and O–H groups in total. The molecule has 1 aromatic rings. The van der Waals surface area contributed by atoms with Gasteiger partial charge in [0.05, 0.1) is 19.2 Å². The van der Waals surface area contributed by atoms with Crippen LogP contribution < -0.4 is 10.1 Å². The van der Waals surface area contributed by atoms with Crippen LogP contribution in [0.3, 0.4) is 0 Å². The Morgan fingerprint density at radius 2 is 2.20 bits per heavy atom. The summed E-state index contributed by atoms with van der Waals surface area (Å²) in [7, 11) is 1.54. The van der Waals surface area contributed by atoms with Gasteiger partial charge >= 0.3 is 0 Å². The molecule has 0 aromatic heterocycles. The van der Waals surface area contributed by atoms with Gasteiger partial charge in [0.25, 0.3) is 0 Å². The van der Waals surface area contributed by atoms with Crippen LogP contribution in [0.15, 0.2) is 18.2 Å². The summed E-state index contributed by atoms with van der Waals surface area (Å²) < 4.78 is 5.10. The first-order valence-corrected chi connectivity index (χ1v) is 6.80. The number of hydrogen-bond acceptors (Lipinski definition) is 4. The molecule has 0 saturated carbocycles. The third kappa shape index (κ3) is 3.49. The molecule has 2 rings (SSSR count). The Morgan fingerprint density at radius 3 is 2.85 bits per heavy atom. The van der Waals surface area contributed by atoms with Crippen LogP contribution in [0, 0.1) is 11.3 Å². The Bertz CT molecular complexity index is 516. The first-order chi connectivity index (χ1) is 9.74. The van der Waals surface area contributed by atoms with Crippen molar-refractivity contribution in [3.8, 4) is 11.8 Å². The van der Waals surface area contributed by atoms with Gasteiger partial charge in [0.15, 0.2) is 0 Å². The molecule has 5 heteroatoms. The molecule has 106 valence electrons. The monoisotopic (exact) mass is 273 g/mol. The van der Waals surface area contributed by atoms with Gasteiger partial charge in [-0.2, -0.15) is 5.26 Å². The van der Waals surface area contributed by atoms with Crippen molar-refractivity contribution in [2.24, 2.45) is 0 Å². The number of methoxy groups -OCH3 is 1. The molecule has 0 unspecified atom stereocenters. The lowest BCUT2D eigenvalue weighted by Gasteiger charge is -2.15. The van der Waals surface area contributed by atoms with Gasteiger partial charge in [-0.3, -0.25) is 4.79 Å². The Balaban J connectivity index is 1.85. The Kier molecular flexibility index (Phi) is 4.97. The first-order valence-electron chi connectivity index (χ1n) is 6.80. The Hall–Kier alpha value is -2.06. The average molecular weight is 273 g/mol. The third-order valence-corrected chi connectivity index (χ3v) is 3.45. The van der Waals surface area contributed by atoms with Crippen molar-refractivity contribution in [3.63, 3.8) is 0 Å². The average Bonchev–Trinajstić information content (AvgIpc) is 3.01. The minimum atomic E-state index is 0.150. The molecule has 1 amide bonds. The summed E-state index contributed by atoms with van der Waals surface area (Å²) in [5.74, 6) is 0.723. The minimum Gasteiger partial charge on any atom is -0.495 e. The number of nitriles is 1. The quantitative estimate of drug-likeness (QED) is 0.877. The molecule has 0 radical (unpaired) electrons. The van der Waals surface area contributed by atoms with Gasteiger partial charge in [-0.25, -0.2) is 0 Å². The maximum absolute atomic E-state index is 11.9. The number of nitrogens with one attached hydrogen (secondary N) is 1. The number of nitrogens with zero attached hydrogens (tertiary/aromatic N) is 2. The molecule has 1 fully saturated rings. The van der Waals surface area contributed by atoms with Gasteiger partial charge in [-0.1, -0.05) is 6.07 Å². The molecular formula is C15H19N3O2. The zero-order chi connectivity index (χ0) is 14.4.